The molecule has 0 aliphatic rings. The van der Waals surface area contributed by atoms with E-state index in [2.05, 4.69) is 0 Å². The van der Waals surface area contributed by atoms with Gasteiger partial charge in [-0.3, -0.25) is 4.55 Å². The number of aromatic nitrogens is 1. The highest BCUT2D eigenvalue weighted by Crippen LogP contribution is 2.19. The average molecular weight is 211 g/mol. The highest BCUT2D eigenvalue weighted by Gasteiger charge is 2.10. The molecule has 0 radical (unpaired) electrons. The standard InChI is InChI=1S/C9H9NO3S/c1-10-5-4-7-6-8(14(11,12)13)2-3-9(7)10/h2-6H,1H3,(H,11,12,13). The third kappa shape index (κ3) is 1.40. The van der Waals surface area contributed by atoms with Crippen LogP contribution in [0.15, 0.2) is 35.4 Å². The maximum absolute atomic E-state index is 10.8. The van der Waals surface area contributed by atoms with E-state index in [1.54, 1.807) is 12.1 Å². The van der Waals surface area contributed by atoms with E-state index in [0.717, 1.165) is 10.9 Å². The van der Waals surface area contributed by atoms with E-state index < -0.39 is 10.1 Å². The molecule has 0 saturated carbocycles. The number of hydrogen-bond donors (Lipinski definition) is 1. The molecule has 0 saturated heterocycles. The Balaban J connectivity index is 2.76. The minimum absolute atomic E-state index is 0.0730. The minimum Gasteiger partial charge on any atom is -0.351 e. The second-order valence-electron chi connectivity index (χ2n) is 3.12. The first-order chi connectivity index (χ1) is 6.48. The van der Waals surface area contributed by atoms with Gasteiger partial charge in [0.25, 0.3) is 10.1 Å². The van der Waals surface area contributed by atoms with Gasteiger partial charge in [-0.25, -0.2) is 0 Å². The maximum Gasteiger partial charge on any atom is 0.294 e. The smallest absolute Gasteiger partial charge is 0.294 e. The Morgan fingerprint density at radius 3 is 2.64 bits per heavy atom. The summed E-state index contributed by atoms with van der Waals surface area (Å²) >= 11 is 0. The van der Waals surface area contributed by atoms with Crippen LogP contribution in [0.3, 0.4) is 0 Å². The quantitative estimate of drug-likeness (QED) is 0.726. The molecule has 1 aromatic heterocycles. The summed E-state index contributed by atoms with van der Waals surface area (Å²) in [4.78, 5) is -0.0730. The van der Waals surface area contributed by atoms with Crippen LogP contribution in [0.2, 0.25) is 0 Å². The summed E-state index contributed by atoms with van der Waals surface area (Å²) in [6.07, 6.45) is 1.83. The predicted octanol–water partition coefficient (Wildman–Crippen LogP) is 1.42. The number of aryl methyl sites for hydroxylation is 1. The van der Waals surface area contributed by atoms with E-state index in [-0.39, 0.29) is 4.90 Å². The van der Waals surface area contributed by atoms with E-state index in [0.29, 0.717) is 0 Å². The molecule has 1 heterocycles. The Labute approximate surface area is 81.5 Å². The lowest BCUT2D eigenvalue weighted by molar-refractivity contribution is 0.483. The molecule has 0 spiro atoms. The van der Waals surface area contributed by atoms with E-state index in [1.165, 1.54) is 12.1 Å². The summed E-state index contributed by atoms with van der Waals surface area (Å²) in [6.45, 7) is 0. The third-order valence-corrected chi connectivity index (χ3v) is 3.00. The molecular formula is C9H9NO3S. The zero-order chi connectivity index (χ0) is 10.3. The van der Waals surface area contributed by atoms with Gasteiger partial charge in [-0.05, 0) is 24.3 Å². The van der Waals surface area contributed by atoms with Gasteiger partial charge in [0.1, 0.15) is 0 Å². The van der Waals surface area contributed by atoms with Gasteiger partial charge in [-0.1, -0.05) is 0 Å². The lowest BCUT2D eigenvalue weighted by Crippen LogP contribution is -1.97. The fourth-order valence-electron chi connectivity index (χ4n) is 1.42. The molecule has 2 aromatic rings. The first-order valence-corrected chi connectivity index (χ1v) is 5.45. The minimum atomic E-state index is -4.09. The first-order valence-electron chi connectivity index (χ1n) is 4.01. The summed E-state index contributed by atoms with van der Waals surface area (Å²) in [5, 5.41) is 0.794. The van der Waals surface area contributed by atoms with Gasteiger partial charge in [-0.2, -0.15) is 8.42 Å². The van der Waals surface area contributed by atoms with Crippen molar-refractivity contribution < 1.29 is 13.0 Å². The monoisotopic (exact) mass is 211 g/mol. The topological polar surface area (TPSA) is 59.3 Å². The Morgan fingerprint density at radius 1 is 1.29 bits per heavy atom. The van der Waals surface area contributed by atoms with Gasteiger partial charge < -0.3 is 4.57 Å². The molecule has 74 valence electrons. The largest absolute Gasteiger partial charge is 0.351 e. The van der Waals surface area contributed by atoms with Crippen molar-refractivity contribution in [1.29, 1.82) is 0 Å². The molecule has 0 amide bonds. The van der Waals surface area contributed by atoms with Crippen molar-refractivity contribution in [3.05, 3.63) is 30.5 Å². The fraction of sp³-hybridized carbons (Fsp3) is 0.111. The molecule has 5 heteroatoms. The Morgan fingerprint density at radius 2 is 2.00 bits per heavy atom. The molecule has 0 aliphatic carbocycles. The number of fused-ring (bicyclic) bond motifs is 1. The molecule has 0 aliphatic heterocycles. The molecule has 0 unspecified atom stereocenters. The van der Waals surface area contributed by atoms with Crippen LogP contribution in [-0.2, 0) is 17.2 Å². The van der Waals surface area contributed by atoms with Gasteiger partial charge in [0, 0.05) is 24.1 Å². The number of nitrogens with zero attached hydrogens (tertiary/aromatic N) is 1. The van der Waals surface area contributed by atoms with E-state index in [1.807, 2.05) is 17.8 Å². The number of benzene rings is 1. The van der Waals surface area contributed by atoms with Crippen molar-refractivity contribution in [1.82, 2.24) is 4.57 Å². The van der Waals surface area contributed by atoms with E-state index in [9.17, 15) is 8.42 Å². The lowest BCUT2D eigenvalue weighted by atomic mass is 10.2. The normalized spacial score (nSPS) is 12.1. The Bertz CT molecular complexity index is 583. The van der Waals surface area contributed by atoms with E-state index >= 15 is 0 Å². The molecule has 4 nitrogen and oxygen atoms in total. The van der Waals surface area contributed by atoms with Crippen LogP contribution in [0.1, 0.15) is 0 Å². The van der Waals surface area contributed by atoms with Gasteiger partial charge in [-0.15, -0.1) is 0 Å². The van der Waals surface area contributed by atoms with Crippen molar-refractivity contribution in [2.24, 2.45) is 7.05 Å². The van der Waals surface area contributed by atoms with Crippen molar-refractivity contribution in [2.75, 3.05) is 0 Å². The van der Waals surface area contributed by atoms with Crippen LogP contribution in [0, 0.1) is 0 Å². The number of rotatable bonds is 1. The van der Waals surface area contributed by atoms with E-state index in [4.69, 9.17) is 4.55 Å². The zero-order valence-electron chi connectivity index (χ0n) is 7.51. The van der Waals surface area contributed by atoms with Gasteiger partial charge in [0.15, 0.2) is 0 Å². The molecule has 0 atom stereocenters. The summed E-state index contributed by atoms with van der Waals surface area (Å²) in [7, 11) is -2.22. The molecule has 0 bridgehead atoms. The second kappa shape index (κ2) is 2.83. The third-order valence-electron chi connectivity index (χ3n) is 2.15. The lowest BCUT2D eigenvalue weighted by Gasteiger charge is -1.98. The molecule has 2 rings (SSSR count). The highest BCUT2D eigenvalue weighted by atomic mass is 32.2. The van der Waals surface area contributed by atoms with Crippen molar-refractivity contribution in [3.63, 3.8) is 0 Å². The fourth-order valence-corrected chi connectivity index (χ4v) is 1.94. The van der Waals surface area contributed by atoms with Gasteiger partial charge in [0.05, 0.1) is 4.90 Å². The first kappa shape index (κ1) is 9.23. The van der Waals surface area contributed by atoms with Crippen molar-refractivity contribution in [2.45, 2.75) is 4.90 Å². The molecule has 14 heavy (non-hydrogen) atoms. The highest BCUT2D eigenvalue weighted by molar-refractivity contribution is 7.85. The van der Waals surface area contributed by atoms with Crippen LogP contribution in [0.4, 0.5) is 0 Å². The maximum atomic E-state index is 10.8. The second-order valence-corrected chi connectivity index (χ2v) is 4.54. The van der Waals surface area contributed by atoms with Crippen LogP contribution in [0.5, 0.6) is 0 Å². The average Bonchev–Trinajstić information content (AvgIpc) is 2.46. The molecule has 0 fully saturated rings. The Kier molecular flexibility index (Phi) is 1.87. The van der Waals surface area contributed by atoms with Crippen LogP contribution >= 0.6 is 0 Å². The number of hydrogen-bond acceptors (Lipinski definition) is 2. The summed E-state index contributed by atoms with van der Waals surface area (Å²) < 4.78 is 32.4. The Hall–Kier alpha value is -1.33. The summed E-state index contributed by atoms with van der Waals surface area (Å²) in [5.74, 6) is 0. The van der Waals surface area contributed by atoms with Crippen molar-refractivity contribution in [3.8, 4) is 0 Å². The van der Waals surface area contributed by atoms with Crippen LogP contribution < -0.4 is 0 Å². The SMILES string of the molecule is Cn1ccc2cc(S(=O)(=O)O)ccc21. The summed E-state index contributed by atoms with van der Waals surface area (Å²) in [5.41, 5.74) is 0.928. The van der Waals surface area contributed by atoms with Crippen LogP contribution in [0.25, 0.3) is 10.9 Å². The van der Waals surface area contributed by atoms with Crippen LogP contribution in [-0.4, -0.2) is 17.5 Å². The molecular weight excluding hydrogens is 202 g/mol. The zero-order valence-corrected chi connectivity index (χ0v) is 8.32. The molecule has 1 aromatic carbocycles. The molecule has 1 N–H and O–H groups in total. The van der Waals surface area contributed by atoms with Crippen molar-refractivity contribution >= 4 is 21.0 Å². The van der Waals surface area contributed by atoms with Gasteiger partial charge >= 0.3 is 0 Å². The van der Waals surface area contributed by atoms with Gasteiger partial charge in [0.2, 0.25) is 0 Å². The summed E-state index contributed by atoms with van der Waals surface area (Å²) in [6, 6.07) is 6.30. The predicted molar refractivity (Wildman–Crippen MR) is 52.7 cm³/mol.